The number of hydrogen-bond acceptors (Lipinski definition) is 9. The van der Waals surface area contributed by atoms with Crippen LogP contribution < -0.4 is 15.1 Å². The van der Waals surface area contributed by atoms with E-state index in [9.17, 15) is 5.11 Å². The summed E-state index contributed by atoms with van der Waals surface area (Å²) in [5.41, 5.74) is 3.51. The fraction of sp³-hybridized carbons (Fsp3) is 0.500. The second-order valence-corrected chi connectivity index (χ2v) is 8.50. The molecule has 3 aromatic heterocycles. The Bertz CT molecular complexity index is 1130. The van der Waals surface area contributed by atoms with Crippen LogP contribution in [0.5, 0.6) is 0 Å². The molecule has 0 bridgehead atoms. The molecule has 10 heteroatoms. The van der Waals surface area contributed by atoms with E-state index in [4.69, 9.17) is 9.72 Å². The van der Waals surface area contributed by atoms with Crippen LogP contribution in [0.3, 0.4) is 0 Å². The minimum absolute atomic E-state index is 0.0163. The zero-order valence-corrected chi connectivity index (χ0v) is 17.0. The molecule has 2 aliphatic heterocycles. The van der Waals surface area contributed by atoms with E-state index in [-0.39, 0.29) is 11.6 Å². The third-order valence-electron chi connectivity index (χ3n) is 6.51. The number of aliphatic hydroxyl groups is 1. The van der Waals surface area contributed by atoms with E-state index in [0.717, 1.165) is 60.7 Å². The van der Waals surface area contributed by atoms with Gasteiger partial charge in [0.05, 0.1) is 23.7 Å². The van der Waals surface area contributed by atoms with Crippen LogP contribution in [0.1, 0.15) is 31.2 Å². The number of aromatic nitrogens is 5. The molecule has 156 valence electrons. The molecule has 2 fully saturated rings. The van der Waals surface area contributed by atoms with E-state index >= 15 is 0 Å². The van der Waals surface area contributed by atoms with Gasteiger partial charge in [-0.15, -0.1) is 0 Å². The maximum atomic E-state index is 10.9. The van der Waals surface area contributed by atoms with Crippen LogP contribution in [-0.2, 0) is 4.74 Å². The highest BCUT2D eigenvalue weighted by Gasteiger charge is 2.51. The predicted octanol–water partition coefficient (Wildman–Crippen LogP) is 1.82. The van der Waals surface area contributed by atoms with Gasteiger partial charge in [0.25, 0.3) is 0 Å². The Morgan fingerprint density at radius 1 is 1.30 bits per heavy atom. The second-order valence-electron chi connectivity index (χ2n) is 8.50. The molecular weight excluding hydrogens is 384 g/mol. The summed E-state index contributed by atoms with van der Waals surface area (Å²) in [4.78, 5) is 17.3. The highest BCUT2D eigenvalue weighted by molar-refractivity contribution is 5.74. The van der Waals surface area contributed by atoms with Gasteiger partial charge in [-0.25, -0.2) is 14.5 Å². The quantitative estimate of drug-likeness (QED) is 0.671. The van der Waals surface area contributed by atoms with Gasteiger partial charge >= 0.3 is 0 Å². The van der Waals surface area contributed by atoms with Gasteiger partial charge in [-0.1, -0.05) is 0 Å². The first-order valence-corrected chi connectivity index (χ1v) is 10.3. The van der Waals surface area contributed by atoms with Crippen LogP contribution in [-0.4, -0.2) is 61.3 Å². The number of fused-ring (bicyclic) bond motifs is 2. The number of hydrogen-bond donors (Lipinski definition) is 2. The van der Waals surface area contributed by atoms with Crippen LogP contribution in [0.2, 0.25) is 0 Å². The monoisotopic (exact) mass is 408 g/mol. The van der Waals surface area contributed by atoms with E-state index in [2.05, 4.69) is 20.4 Å². The van der Waals surface area contributed by atoms with E-state index in [1.165, 1.54) is 6.33 Å². The average molecular weight is 408 g/mol. The smallest absolute Gasteiger partial charge is 0.229 e. The molecule has 10 nitrogen and oxygen atoms in total. The maximum Gasteiger partial charge on any atom is 0.229 e. The van der Waals surface area contributed by atoms with Gasteiger partial charge < -0.3 is 25.0 Å². The molecule has 1 spiro atoms. The van der Waals surface area contributed by atoms with Gasteiger partial charge in [-0.2, -0.15) is 10.1 Å². The standard InChI is InChI=1S/C20H24N8O2/c1-12-7-16-22-11-23-27(16)10-14(12)24-18-21-9-15-17(25-18)28(19(29)26(15)2)13-3-6-30-20(8-13)4-5-20/h7,9-11,13,19,29H,3-6,8H2,1-2H3,(H,21,24,25). The van der Waals surface area contributed by atoms with Gasteiger partial charge in [0.1, 0.15) is 12.0 Å². The lowest BCUT2D eigenvalue weighted by molar-refractivity contribution is -0.0184. The highest BCUT2D eigenvalue weighted by atomic mass is 16.5. The molecule has 3 aliphatic rings. The number of rotatable bonds is 3. The summed E-state index contributed by atoms with van der Waals surface area (Å²) in [5, 5.41) is 18.4. The molecule has 5 heterocycles. The van der Waals surface area contributed by atoms with Crippen molar-refractivity contribution in [2.45, 2.75) is 50.6 Å². The van der Waals surface area contributed by atoms with Gasteiger partial charge in [0, 0.05) is 19.7 Å². The largest absolute Gasteiger partial charge is 0.375 e. The SMILES string of the molecule is Cc1cc2ncnn2cc1Nc1ncc2c(n1)N(C1CCOC3(CC3)C1)C(O)N2C. The molecule has 6 rings (SSSR count). The first-order valence-electron chi connectivity index (χ1n) is 10.3. The van der Waals surface area contributed by atoms with Crippen LogP contribution in [0.15, 0.2) is 24.8 Å². The molecular formula is C20H24N8O2. The number of aryl methyl sites for hydroxylation is 1. The van der Waals surface area contributed by atoms with Crippen molar-refractivity contribution < 1.29 is 9.84 Å². The fourth-order valence-electron chi connectivity index (χ4n) is 4.58. The average Bonchev–Trinajstić information content (AvgIpc) is 3.22. The summed E-state index contributed by atoms with van der Waals surface area (Å²) in [5.74, 6) is 1.24. The first kappa shape index (κ1) is 17.8. The third kappa shape index (κ3) is 2.71. The molecule has 1 saturated heterocycles. The molecule has 1 aliphatic carbocycles. The summed E-state index contributed by atoms with van der Waals surface area (Å²) < 4.78 is 7.69. The van der Waals surface area contributed by atoms with E-state index in [0.29, 0.717) is 5.95 Å². The first-order chi connectivity index (χ1) is 14.5. The summed E-state index contributed by atoms with van der Waals surface area (Å²) in [7, 11) is 1.87. The lowest BCUT2D eigenvalue weighted by Crippen LogP contribution is -2.50. The normalized spacial score (nSPS) is 24.5. The number of aliphatic hydroxyl groups excluding tert-OH is 1. The summed E-state index contributed by atoms with van der Waals surface area (Å²) in [6.07, 6.45) is 8.43. The van der Waals surface area contributed by atoms with Gasteiger partial charge in [-0.05, 0) is 44.2 Å². The van der Waals surface area contributed by atoms with Gasteiger partial charge in [-0.3, -0.25) is 0 Å². The number of nitrogens with one attached hydrogen (secondary N) is 1. The van der Waals surface area contributed by atoms with Crippen LogP contribution in [0, 0.1) is 6.92 Å². The molecule has 2 unspecified atom stereocenters. The topological polar surface area (TPSA) is 104 Å². The zero-order chi connectivity index (χ0) is 20.5. The van der Waals surface area contributed by atoms with Crippen molar-refractivity contribution >= 4 is 28.8 Å². The maximum absolute atomic E-state index is 10.9. The van der Waals surface area contributed by atoms with Crippen molar-refractivity contribution in [3.05, 3.63) is 30.4 Å². The van der Waals surface area contributed by atoms with Crippen molar-refractivity contribution in [2.24, 2.45) is 0 Å². The van der Waals surface area contributed by atoms with Crippen LogP contribution in [0.4, 0.5) is 23.1 Å². The molecule has 3 aromatic rings. The fourth-order valence-corrected chi connectivity index (χ4v) is 4.58. The number of ether oxygens (including phenoxy) is 1. The minimum atomic E-state index is -0.753. The van der Waals surface area contributed by atoms with E-state index in [1.54, 1.807) is 10.7 Å². The van der Waals surface area contributed by atoms with Gasteiger partial charge in [0.15, 0.2) is 11.5 Å². The molecule has 0 amide bonds. The Labute approximate surface area is 173 Å². The number of anilines is 4. The Balaban J connectivity index is 1.34. The third-order valence-corrected chi connectivity index (χ3v) is 6.51. The van der Waals surface area contributed by atoms with E-state index in [1.807, 2.05) is 36.0 Å². The van der Waals surface area contributed by atoms with Crippen LogP contribution >= 0.6 is 0 Å². The minimum Gasteiger partial charge on any atom is -0.375 e. The molecule has 0 radical (unpaired) electrons. The highest BCUT2D eigenvalue weighted by Crippen LogP contribution is 2.49. The lowest BCUT2D eigenvalue weighted by Gasteiger charge is -2.38. The van der Waals surface area contributed by atoms with Gasteiger partial charge in [0.2, 0.25) is 12.3 Å². The number of nitrogens with zero attached hydrogens (tertiary/aromatic N) is 7. The van der Waals surface area contributed by atoms with Crippen LogP contribution in [0.25, 0.3) is 5.65 Å². The Morgan fingerprint density at radius 2 is 2.17 bits per heavy atom. The zero-order valence-electron chi connectivity index (χ0n) is 17.0. The van der Waals surface area contributed by atoms with E-state index < -0.39 is 6.35 Å². The predicted molar refractivity (Wildman–Crippen MR) is 111 cm³/mol. The summed E-state index contributed by atoms with van der Waals surface area (Å²) >= 11 is 0. The Morgan fingerprint density at radius 3 is 3.00 bits per heavy atom. The summed E-state index contributed by atoms with van der Waals surface area (Å²) in [6, 6.07) is 2.15. The van der Waals surface area contributed by atoms with Crippen molar-refractivity contribution in [3.63, 3.8) is 0 Å². The van der Waals surface area contributed by atoms with Crippen molar-refractivity contribution in [1.29, 1.82) is 0 Å². The molecule has 30 heavy (non-hydrogen) atoms. The molecule has 2 atom stereocenters. The van der Waals surface area contributed by atoms with Crippen molar-refractivity contribution in [1.82, 2.24) is 24.6 Å². The number of pyridine rings is 1. The molecule has 0 aromatic carbocycles. The lowest BCUT2D eigenvalue weighted by atomic mass is 10.0. The Kier molecular flexibility index (Phi) is 3.72. The molecule has 2 N–H and O–H groups in total. The van der Waals surface area contributed by atoms with Crippen molar-refractivity contribution in [2.75, 3.05) is 28.8 Å². The molecule has 1 saturated carbocycles. The second kappa shape index (κ2) is 6.26. The summed E-state index contributed by atoms with van der Waals surface area (Å²) in [6.45, 7) is 2.73. The van der Waals surface area contributed by atoms with Crippen molar-refractivity contribution in [3.8, 4) is 0 Å². The Hall–Kier alpha value is -2.98.